The van der Waals surface area contributed by atoms with E-state index >= 15 is 0 Å². The lowest BCUT2D eigenvalue weighted by molar-refractivity contribution is 0.162. The van der Waals surface area contributed by atoms with Crippen LogP contribution >= 0.6 is 11.6 Å². The zero-order valence-electron chi connectivity index (χ0n) is 19.5. The Morgan fingerprint density at radius 2 is 1.91 bits per heavy atom. The highest BCUT2D eigenvalue weighted by atomic mass is 35.5. The van der Waals surface area contributed by atoms with Gasteiger partial charge >= 0.3 is 6.09 Å². The lowest BCUT2D eigenvalue weighted by atomic mass is 9.72. The van der Waals surface area contributed by atoms with Crippen molar-refractivity contribution in [1.82, 2.24) is 9.55 Å². The molecule has 2 aliphatic rings. The molecule has 0 spiro atoms. The summed E-state index contributed by atoms with van der Waals surface area (Å²) in [5.74, 6) is 2.19. The Labute approximate surface area is 201 Å². The fourth-order valence-corrected chi connectivity index (χ4v) is 5.66. The van der Waals surface area contributed by atoms with Crippen LogP contribution in [0.2, 0.25) is 5.02 Å². The topological polar surface area (TPSA) is 68.5 Å². The molecular weight excluding hydrogens is 436 g/mol. The Bertz CT molecular complexity index is 945. The maximum atomic E-state index is 12.6. The van der Waals surface area contributed by atoms with Crippen LogP contribution in [0, 0.1) is 24.7 Å². The molecule has 6 nitrogen and oxygen atoms in total. The average Bonchev–Trinajstić information content (AvgIpc) is 3.24. The first-order valence-corrected chi connectivity index (χ1v) is 12.8. The molecule has 2 aliphatic carbocycles. The summed E-state index contributed by atoms with van der Waals surface area (Å²) in [4.78, 5) is 22.5. The Hall–Kier alpha value is -2.34. The van der Waals surface area contributed by atoms with Gasteiger partial charge in [-0.25, -0.2) is 9.78 Å². The molecule has 0 saturated heterocycles. The molecule has 33 heavy (non-hydrogen) atoms. The summed E-state index contributed by atoms with van der Waals surface area (Å²) >= 11 is 6.04. The zero-order valence-corrected chi connectivity index (χ0v) is 20.3. The molecular formula is C26H35ClN4O2. The molecule has 2 saturated carbocycles. The van der Waals surface area contributed by atoms with Gasteiger partial charge in [0.05, 0.1) is 5.71 Å². The maximum Gasteiger partial charge on any atom is 0.437 e. The van der Waals surface area contributed by atoms with E-state index < -0.39 is 6.09 Å². The number of hydrogen-bond donors (Lipinski definition) is 1. The van der Waals surface area contributed by atoms with Crippen LogP contribution in [-0.2, 0) is 11.4 Å². The molecule has 1 unspecified atom stereocenters. The number of carbonyl (C=O) groups is 1. The van der Waals surface area contributed by atoms with Crippen molar-refractivity contribution < 1.29 is 9.63 Å². The third-order valence-corrected chi connectivity index (χ3v) is 7.48. The number of rotatable bonds is 7. The van der Waals surface area contributed by atoms with Gasteiger partial charge in [-0.1, -0.05) is 61.3 Å². The highest BCUT2D eigenvalue weighted by Gasteiger charge is 2.34. The Kier molecular flexibility index (Phi) is 8.43. The van der Waals surface area contributed by atoms with Gasteiger partial charge in [0.25, 0.3) is 0 Å². The highest BCUT2D eigenvalue weighted by Crippen LogP contribution is 2.37. The molecule has 1 N–H and O–H groups in total. The molecule has 1 aromatic carbocycles. The minimum Gasteiger partial charge on any atom is -0.335 e. The average molecular weight is 471 g/mol. The fourth-order valence-electron chi connectivity index (χ4n) is 5.47. The number of benzene rings is 1. The van der Waals surface area contributed by atoms with Crippen LogP contribution in [-0.4, -0.2) is 21.4 Å². The second-order valence-corrected chi connectivity index (χ2v) is 9.93. The van der Waals surface area contributed by atoms with Gasteiger partial charge in [0.1, 0.15) is 5.82 Å². The maximum absolute atomic E-state index is 12.6. The standard InChI is InChI=1S/C26H35ClN4O2/c1-19-28-15-16-31(19)18-24(20-9-4-2-5-10-20)25(21-11-6-3-7-12-21)30-33-26(32)29-23-14-8-13-22(27)17-23/h8,13-17,20-21,24H,2-7,9-12,18H2,1H3,(H,29,32)/b30-25+. The van der Waals surface area contributed by atoms with Gasteiger partial charge < -0.3 is 4.57 Å². The van der Waals surface area contributed by atoms with Gasteiger partial charge in [0.15, 0.2) is 0 Å². The first kappa shape index (κ1) is 23.8. The Morgan fingerprint density at radius 1 is 1.18 bits per heavy atom. The number of anilines is 1. The summed E-state index contributed by atoms with van der Waals surface area (Å²) in [6.07, 6.45) is 15.5. The molecule has 0 bridgehead atoms. The number of oxime groups is 1. The van der Waals surface area contributed by atoms with Crippen molar-refractivity contribution >= 4 is 29.1 Å². The van der Waals surface area contributed by atoms with Gasteiger partial charge in [-0.2, -0.15) is 0 Å². The number of hydrogen-bond acceptors (Lipinski definition) is 4. The van der Waals surface area contributed by atoms with Crippen molar-refractivity contribution in [2.75, 3.05) is 5.32 Å². The van der Waals surface area contributed by atoms with E-state index in [0.717, 1.165) is 30.9 Å². The molecule has 4 rings (SSSR count). The molecule has 0 aliphatic heterocycles. The number of aryl methyl sites for hydroxylation is 1. The van der Waals surface area contributed by atoms with Crippen molar-refractivity contribution in [3.8, 4) is 0 Å². The summed E-state index contributed by atoms with van der Waals surface area (Å²) < 4.78 is 2.23. The molecule has 178 valence electrons. The first-order chi connectivity index (χ1) is 16.1. The summed E-state index contributed by atoms with van der Waals surface area (Å²) in [5, 5.41) is 7.90. The number of nitrogens with one attached hydrogen (secondary N) is 1. The van der Waals surface area contributed by atoms with Crippen molar-refractivity contribution in [2.24, 2.45) is 22.9 Å². The Morgan fingerprint density at radius 3 is 2.58 bits per heavy atom. The van der Waals surface area contributed by atoms with Crippen LogP contribution in [0.1, 0.15) is 70.0 Å². The van der Waals surface area contributed by atoms with Crippen molar-refractivity contribution in [1.29, 1.82) is 0 Å². The van der Waals surface area contributed by atoms with E-state index in [1.165, 1.54) is 51.4 Å². The minimum atomic E-state index is -0.577. The molecule has 1 aromatic heterocycles. The number of aromatic nitrogens is 2. The molecule has 0 radical (unpaired) electrons. The van der Waals surface area contributed by atoms with E-state index in [0.29, 0.717) is 22.5 Å². The third kappa shape index (κ3) is 6.59. The van der Waals surface area contributed by atoms with Crippen molar-refractivity contribution in [3.05, 3.63) is 47.5 Å². The van der Waals surface area contributed by atoms with E-state index in [4.69, 9.17) is 16.4 Å². The number of amides is 1. The predicted molar refractivity (Wildman–Crippen MR) is 133 cm³/mol. The van der Waals surface area contributed by atoms with E-state index in [1.807, 2.05) is 13.1 Å². The lowest BCUT2D eigenvalue weighted by Gasteiger charge is -2.35. The van der Waals surface area contributed by atoms with Crippen LogP contribution in [0.5, 0.6) is 0 Å². The summed E-state index contributed by atoms with van der Waals surface area (Å²) in [6.45, 7) is 2.88. The third-order valence-electron chi connectivity index (χ3n) is 7.24. The summed E-state index contributed by atoms with van der Waals surface area (Å²) in [7, 11) is 0. The molecule has 2 aromatic rings. The van der Waals surface area contributed by atoms with Gasteiger partial charge in [0.2, 0.25) is 0 Å². The number of halogens is 1. The lowest BCUT2D eigenvalue weighted by Crippen LogP contribution is -2.35. The second kappa shape index (κ2) is 11.7. The molecule has 7 heteroatoms. The zero-order chi connectivity index (χ0) is 23.0. The van der Waals surface area contributed by atoms with Gasteiger partial charge in [-0.3, -0.25) is 10.2 Å². The van der Waals surface area contributed by atoms with Gasteiger partial charge in [-0.05, 0) is 56.7 Å². The van der Waals surface area contributed by atoms with Crippen LogP contribution in [0.4, 0.5) is 10.5 Å². The molecule has 2 fully saturated rings. The Balaban J connectivity index is 1.57. The smallest absolute Gasteiger partial charge is 0.335 e. The van der Waals surface area contributed by atoms with E-state index in [2.05, 4.69) is 26.2 Å². The SMILES string of the molecule is Cc1nccn1CC(/C(=N/OC(=O)Nc1cccc(Cl)c1)C1CCCCC1)C1CCCCC1. The highest BCUT2D eigenvalue weighted by molar-refractivity contribution is 6.30. The van der Waals surface area contributed by atoms with E-state index in [-0.39, 0.29) is 5.92 Å². The number of carbonyl (C=O) groups excluding carboxylic acids is 1. The van der Waals surface area contributed by atoms with Crippen molar-refractivity contribution in [2.45, 2.75) is 77.7 Å². The summed E-state index contributed by atoms with van der Waals surface area (Å²) in [6, 6.07) is 7.04. The van der Waals surface area contributed by atoms with Crippen LogP contribution in [0.3, 0.4) is 0 Å². The second-order valence-electron chi connectivity index (χ2n) is 9.50. The molecule has 1 heterocycles. The summed E-state index contributed by atoms with van der Waals surface area (Å²) in [5.41, 5.74) is 1.66. The normalized spacial score (nSPS) is 19.3. The van der Waals surface area contributed by atoms with Gasteiger partial charge in [-0.15, -0.1) is 0 Å². The molecule has 1 amide bonds. The number of nitrogens with zero attached hydrogens (tertiary/aromatic N) is 3. The van der Waals surface area contributed by atoms with E-state index in [1.54, 1.807) is 24.3 Å². The monoisotopic (exact) mass is 470 g/mol. The fraction of sp³-hybridized carbons (Fsp3) is 0.577. The minimum absolute atomic E-state index is 0.250. The van der Waals surface area contributed by atoms with Crippen LogP contribution < -0.4 is 5.32 Å². The quantitative estimate of drug-likeness (QED) is 0.263. The van der Waals surface area contributed by atoms with Crippen molar-refractivity contribution in [3.63, 3.8) is 0 Å². The van der Waals surface area contributed by atoms with Gasteiger partial charge in [0, 0.05) is 41.5 Å². The first-order valence-electron chi connectivity index (χ1n) is 12.4. The number of imidazole rings is 1. The van der Waals surface area contributed by atoms with Crippen LogP contribution in [0.15, 0.2) is 41.8 Å². The molecule has 1 atom stereocenters. The van der Waals surface area contributed by atoms with E-state index in [9.17, 15) is 4.79 Å². The predicted octanol–water partition coefficient (Wildman–Crippen LogP) is 7.23. The largest absolute Gasteiger partial charge is 0.437 e. The van der Waals surface area contributed by atoms with Crippen LogP contribution in [0.25, 0.3) is 0 Å².